The maximum absolute atomic E-state index is 5.66. The third kappa shape index (κ3) is 2.04. The fourth-order valence-electron chi connectivity index (χ4n) is 1.40. The molecule has 1 saturated carbocycles. The molecular weight excluding hydrogens is 136 g/mol. The number of nitrogens with two attached hydrogens (primary N) is 1. The van der Waals surface area contributed by atoms with Gasteiger partial charge in [0, 0.05) is 18.6 Å². The maximum Gasteiger partial charge on any atom is 0.0306 e. The molecular formula is C9H18N2. The molecule has 1 fully saturated rings. The normalized spacial score (nSPS) is 20.9. The van der Waals surface area contributed by atoms with Gasteiger partial charge < -0.3 is 11.1 Å². The molecule has 0 aromatic carbocycles. The van der Waals surface area contributed by atoms with E-state index in [-0.39, 0.29) is 5.54 Å². The predicted octanol–water partition coefficient (Wildman–Crippen LogP) is 1.03. The highest BCUT2D eigenvalue weighted by Gasteiger charge is 2.34. The van der Waals surface area contributed by atoms with Gasteiger partial charge in [-0.3, -0.25) is 0 Å². The van der Waals surface area contributed by atoms with Gasteiger partial charge >= 0.3 is 0 Å². The summed E-state index contributed by atoms with van der Waals surface area (Å²) in [4.78, 5) is 0. The van der Waals surface area contributed by atoms with E-state index in [0.717, 1.165) is 13.1 Å². The summed E-state index contributed by atoms with van der Waals surface area (Å²) in [5.74, 6) is 0. The third-order valence-electron chi connectivity index (χ3n) is 2.47. The lowest BCUT2D eigenvalue weighted by Crippen LogP contribution is -2.56. The Bertz CT molecular complexity index is 142. The summed E-state index contributed by atoms with van der Waals surface area (Å²) < 4.78 is 0. The molecule has 0 heterocycles. The van der Waals surface area contributed by atoms with Crippen LogP contribution in [0.5, 0.6) is 0 Å². The average Bonchev–Trinajstić information content (AvgIpc) is 1.86. The highest BCUT2D eigenvalue weighted by atomic mass is 15.0. The van der Waals surface area contributed by atoms with Crippen LogP contribution in [0.4, 0.5) is 0 Å². The molecule has 0 bridgehead atoms. The largest absolute Gasteiger partial charge is 0.329 e. The van der Waals surface area contributed by atoms with Crippen LogP contribution in [0.15, 0.2) is 12.2 Å². The number of rotatable bonds is 4. The van der Waals surface area contributed by atoms with Gasteiger partial charge in [0.25, 0.3) is 0 Å². The molecule has 2 nitrogen and oxygen atoms in total. The lowest BCUT2D eigenvalue weighted by molar-refractivity contribution is 0.199. The molecule has 2 heteroatoms. The van der Waals surface area contributed by atoms with Crippen molar-refractivity contribution in [2.45, 2.75) is 31.7 Å². The molecule has 1 aliphatic rings. The van der Waals surface area contributed by atoms with E-state index in [1.54, 1.807) is 0 Å². The average molecular weight is 154 g/mol. The molecule has 0 aliphatic heterocycles. The quantitative estimate of drug-likeness (QED) is 0.594. The van der Waals surface area contributed by atoms with E-state index in [1.165, 1.54) is 24.8 Å². The van der Waals surface area contributed by atoms with E-state index in [4.69, 9.17) is 5.73 Å². The van der Waals surface area contributed by atoms with E-state index >= 15 is 0 Å². The lowest BCUT2D eigenvalue weighted by Gasteiger charge is -2.42. The van der Waals surface area contributed by atoms with Crippen LogP contribution >= 0.6 is 0 Å². The minimum atomic E-state index is 0.263. The maximum atomic E-state index is 5.66. The van der Waals surface area contributed by atoms with Crippen molar-refractivity contribution in [1.82, 2.24) is 5.32 Å². The van der Waals surface area contributed by atoms with Crippen LogP contribution < -0.4 is 11.1 Å². The molecule has 0 unspecified atom stereocenters. The van der Waals surface area contributed by atoms with E-state index in [2.05, 4.69) is 11.9 Å². The van der Waals surface area contributed by atoms with Gasteiger partial charge in [0.1, 0.15) is 0 Å². The van der Waals surface area contributed by atoms with Crippen LogP contribution in [0, 0.1) is 0 Å². The second kappa shape index (κ2) is 3.37. The Morgan fingerprint density at radius 2 is 2.27 bits per heavy atom. The second-order valence-corrected chi connectivity index (χ2v) is 3.65. The highest BCUT2D eigenvalue weighted by molar-refractivity contribution is 5.01. The first-order valence-corrected chi connectivity index (χ1v) is 4.28. The van der Waals surface area contributed by atoms with Gasteiger partial charge in [0.05, 0.1) is 0 Å². The lowest BCUT2D eigenvalue weighted by atomic mass is 9.77. The first-order chi connectivity index (χ1) is 5.18. The molecule has 0 aromatic rings. The van der Waals surface area contributed by atoms with Crippen molar-refractivity contribution in [2.24, 2.45) is 5.73 Å². The molecule has 0 radical (unpaired) electrons. The van der Waals surface area contributed by atoms with Crippen LogP contribution in [0.1, 0.15) is 26.2 Å². The van der Waals surface area contributed by atoms with Crippen LogP contribution in [-0.2, 0) is 0 Å². The third-order valence-corrected chi connectivity index (χ3v) is 2.47. The molecule has 11 heavy (non-hydrogen) atoms. The molecule has 0 aromatic heterocycles. The predicted molar refractivity (Wildman–Crippen MR) is 48.5 cm³/mol. The minimum Gasteiger partial charge on any atom is -0.329 e. The van der Waals surface area contributed by atoms with Crippen molar-refractivity contribution in [3.8, 4) is 0 Å². The van der Waals surface area contributed by atoms with Crippen molar-refractivity contribution < 1.29 is 0 Å². The van der Waals surface area contributed by atoms with E-state index < -0.39 is 0 Å². The SMILES string of the molecule is C=C(C)CNC1(CN)CCC1. The van der Waals surface area contributed by atoms with Gasteiger partial charge in [0.2, 0.25) is 0 Å². The number of nitrogens with one attached hydrogen (secondary N) is 1. The Labute approximate surface area is 68.9 Å². The molecule has 1 aliphatic carbocycles. The highest BCUT2D eigenvalue weighted by Crippen LogP contribution is 2.30. The zero-order valence-corrected chi connectivity index (χ0v) is 7.32. The van der Waals surface area contributed by atoms with Crippen molar-refractivity contribution in [3.63, 3.8) is 0 Å². The molecule has 0 saturated heterocycles. The fourth-order valence-corrected chi connectivity index (χ4v) is 1.40. The van der Waals surface area contributed by atoms with E-state index in [0.29, 0.717) is 0 Å². The summed E-state index contributed by atoms with van der Waals surface area (Å²) in [6.45, 7) is 7.56. The van der Waals surface area contributed by atoms with E-state index in [1.807, 2.05) is 6.92 Å². The van der Waals surface area contributed by atoms with Crippen LogP contribution in [-0.4, -0.2) is 18.6 Å². The Balaban J connectivity index is 2.27. The second-order valence-electron chi connectivity index (χ2n) is 3.65. The Morgan fingerprint density at radius 1 is 1.64 bits per heavy atom. The van der Waals surface area contributed by atoms with Gasteiger partial charge in [-0.15, -0.1) is 0 Å². The van der Waals surface area contributed by atoms with E-state index in [9.17, 15) is 0 Å². The van der Waals surface area contributed by atoms with Crippen molar-refractivity contribution in [2.75, 3.05) is 13.1 Å². The van der Waals surface area contributed by atoms with Crippen molar-refractivity contribution in [1.29, 1.82) is 0 Å². The van der Waals surface area contributed by atoms with Gasteiger partial charge in [-0.25, -0.2) is 0 Å². The molecule has 0 spiro atoms. The standard InChI is InChI=1S/C9H18N2/c1-8(2)6-11-9(7-10)4-3-5-9/h11H,1,3-7,10H2,2H3. The summed E-state index contributed by atoms with van der Waals surface area (Å²) in [5.41, 5.74) is 7.11. The fraction of sp³-hybridized carbons (Fsp3) is 0.778. The monoisotopic (exact) mass is 154 g/mol. The smallest absolute Gasteiger partial charge is 0.0306 e. The molecule has 3 N–H and O–H groups in total. The van der Waals surface area contributed by atoms with Crippen LogP contribution in [0.3, 0.4) is 0 Å². The van der Waals surface area contributed by atoms with Crippen molar-refractivity contribution >= 4 is 0 Å². The molecule has 0 amide bonds. The Hall–Kier alpha value is -0.340. The summed E-state index contributed by atoms with van der Waals surface area (Å²) in [6.07, 6.45) is 3.79. The summed E-state index contributed by atoms with van der Waals surface area (Å²) >= 11 is 0. The first kappa shape index (κ1) is 8.75. The zero-order valence-electron chi connectivity index (χ0n) is 7.32. The number of hydrogen-bond donors (Lipinski definition) is 2. The van der Waals surface area contributed by atoms with Crippen LogP contribution in [0.25, 0.3) is 0 Å². The Morgan fingerprint density at radius 3 is 2.55 bits per heavy atom. The van der Waals surface area contributed by atoms with Crippen molar-refractivity contribution in [3.05, 3.63) is 12.2 Å². The molecule has 64 valence electrons. The summed E-state index contributed by atoms with van der Waals surface area (Å²) in [6, 6.07) is 0. The Kier molecular flexibility index (Phi) is 2.68. The minimum absolute atomic E-state index is 0.263. The van der Waals surface area contributed by atoms with Crippen LogP contribution in [0.2, 0.25) is 0 Å². The van der Waals surface area contributed by atoms with Gasteiger partial charge in [-0.2, -0.15) is 0 Å². The molecule has 1 rings (SSSR count). The summed E-state index contributed by atoms with van der Waals surface area (Å²) in [5, 5.41) is 3.46. The zero-order chi connectivity index (χ0) is 8.32. The van der Waals surface area contributed by atoms with Gasteiger partial charge in [-0.1, -0.05) is 12.2 Å². The van der Waals surface area contributed by atoms with Gasteiger partial charge in [-0.05, 0) is 26.2 Å². The molecule has 0 atom stereocenters. The van der Waals surface area contributed by atoms with Gasteiger partial charge in [0.15, 0.2) is 0 Å². The first-order valence-electron chi connectivity index (χ1n) is 4.28. The summed E-state index contributed by atoms with van der Waals surface area (Å²) in [7, 11) is 0. The number of hydrogen-bond acceptors (Lipinski definition) is 2. The topological polar surface area (TPSA) is 38.0 Å².